The van der Waals surface area contributed by atoms with Crippen molar-refractivity contribution in [1.29, 1.82) is 0 Å². The second-order valence-electron chi connectivity index (χ2n) is 6.87. The number of amides is 2. The highest BCUT2D eigenvalue weighted by Gasteiger charge is 2.36. The molecule has 1 atom stereocenters. The summed E-state index contributed by atoms with van der Waals surface area (Å²) >= 11 is 5.74. The van der Waals surface area contributed by atoms with Crippen LogP contribution < -0.4 is 15.4 Å². The van der Waals surface area contributed by atoms with Crippen molar-refractivity contribution in [2.75, 3.05) is 17.7 Å². The van der Waals surface area contributed by atoms with E-state index in [1.165, 1.54) is 16.8 Å². The van der Waals surface area contributed by atoms with Crippen LogP contribution in [0.3, 0.4) is 0 Å². The van der Waals surface area contributed by atoms with Gasteiger partial charge >= 0.3 is 0 Å². The molecule has 3 aromatic rings. The van der Waals surface area contributed by atoms with Gasteiger partial charge in [0, 0.05) is 11.3 Å². The maximum Gasteiger partial charge on any atom is 0.251 e. The number of benzene rings is 2. The second kappa shape index (κ2) is 7.79. The lowest BCUT2D eigenvalue weighted by Gasteiger charge is -2.10. The van der Waals surface area contributed by atoms with Crippen molar-refractivity contribution >= 4 is 34.9 Å². The number of hydrogen-bond acceptors (Lipinski definition) is 4. The second-order valence-corrected chi connectivity index (χ2v) is 7.28. The van der Waals surface area contributed by atoms with Gasteiger partial charge in [-0.15, -0.1) is 0 Å². The number of nitrogens with one attached hydrogen (secondary N) is 2. The summed E-state index contributed by atoms with van der Waals surface area (Å²) in [7, 11) is 1.58. The van der Waals surface area contributed by atoms with Gasteiger partial charge in [-0.25, -0.2) is 9.07 Å². The average Bonchev–Trinajstić information content (AvgIpc) is 3.18. The summed E-state index contributed by atoms with van der Waals surface area (Å²) < 4.78 is 20.1. The first-order valence-electron chi connectivity index (χ1n) is 9.16. The molecule has 1 aliphatic heterocycles. The highest BCUT2D eigenvalue weighted by molar-refractivity contribution is 6.31. The van der Waals surface area contributed by atoms with E-state index in [0.717, 1.165) is 17.2 Å². The first-order chi connectivity index (χ1) is 14.4. The maximum absolute atomic E-state index is 13.3. The molecule has 2 N–H and O–H groups in total. The van der Waals surface area contributed by atoms with Crippen LogP contribution in [0.25, 0.3) is 11.1 Å². The first-order valence-corrected chi connectivity index (χ1v) is 9.54. The molecule has 7 nitrogen and oxygen atoms in total. The molecule has 0 saturated carbocycles. The van der Waals surface area contributed by atoms with Gasteiger partial charge in [-0.2, -0.15) is 5.10 Å². The van der Waals surface area contributed by atoms with Gasteiger partial charge in [-0.05, 0) is 42.8 Å². The third-order valence-electron chi connectivity index (χ3n) is 4.87. The standard InChI is InChI=1S/C21H18ClFN4O3/c1-11-19(12-4-3-5-14(8-12)30-2)20-25-21(29)17(27(20)26-11)10-18(28)24-13-6-7-16(23)15(22)9-13/h3-9,17H,10H2,1-2H3,(H,24,28)(H,25,29). The number of nitrogens with zero attached hydrogens (tertiary/aromatic N) is 2. The molecule has 1 unspecified atom stereocenters. The number of aromatic nitrogens is 2. The van der Waals surface area contributed by atoms with Crippen molar-refractivity contribution in [3.8, 4) is 16.9 Å². The van der Waals surface area contributed by atoms with Crippen LogP contribution >= 0.6 is 11.6 Å². The largest absolute Gasteiger partial charge is 0.497 e. The molecule has 4 rings (SSSR count). The lowest BCUT2D eigenvalue weighted by molar-refractivity contribution is -0.123. The molecule has 0 spiro atoms. The van der Waals surface area contributed by atoms with Gasteiger partial charge in [-0.1, -0.05) is 23.7 Å². The predicted molar refractivity (Wildman–Crippen MR) is 111 cm³/mol. The number of methoxy groups -OCH3 is 1. The van der Waals surface area contributed by atoms with E-state index in [4.69, 9.17) is 16.3 Å². The molecule has 0 fully saturated rings. The van der Waals surface area contributed by atoms with Crippen LogP contribution in [0.4, 0.5) is 15.9 Å². The molecule has 30 heavy (non-hydrogen) atoms. The Morgan fingerprint density at radius 1 is 1.33 bits per heavy atom. The number of rotatable bonds is 5. The molecule has 0 aliphatic carbocycles. The molecule has 0 saturated heterocycles. The topological polar surface area (TPSA) is 85.2 Å². The summed E-state index contributed by atoms with van der Waals surface area (Å²) in [6.45, 7) is 1.84. The molecule has 1 aliphatic rings. The molecule has 2 aromatic carbocycles. The van der Waals surface area contributed by atoms with E-state index in [9.17, 15) is 14.0 Å². The number of fused-ring (bicyclic) bond motifs is 1. The van der Waals surface area contributed by atoms with E-state index >= 15 is 0 Å². The number of anilines is 2. The molecule has 1 aromatic heterocycles. The molecule has 0 radical (unpaired) electrons. The minimum atomic E-state index is -0.797. The van der Waals surface area contributed by atoms with Crippen molar-refractivity contribution in [2.45, 2.75) is 19.4 Å². The Balaban J connectivity index is 1.58. The smallest absolute Gasteiger partial charge is 0.251 e. The lowest BCUT2D eigenvalue weighted by Crippen LogP contribution is -2.23. The van der Waals surface area contributed by atoms with Gasteiger partial charge in [0.15, 0.2) is 0 Å². The fraction of sp³-hybridized carbons (Fsp3) is 0.190. The average molecular weight is 429 g/mol. The molecule has 9 heteroatoms. The molecule has 2 amide bonds. The third kappa shape index (κ3) is 3.61. The normalized spacial score (nSPS) is 14.9. The number of carbonyl (C=O) groups is 2. The summed E-state index contributed by atoms with van der Waals surface area (Å²) in [4.78, 5) is 25.0. The highest BCUT2D eigenvalue weighted by Crippen LogP contribution is 2.39. The number of carbonyl (C=O) groups excluding carboxylic acids is 2. The van der Waals surface area contributed by atoms with Crippen LogP contribution in [0.2, 0.25) is 5.02 Å². The monoisotopic (exact) mass is 428 g/mol. The first kappa shape index (κ1) is 19.9. The summed E-state index contributed by atoms with van der Waals surface area (Å²) in [5.41, 5.74) is 2.68. The minimum Gasteiger partial charge on any atom is -0.497 e. The summed E-state index contributed by atoms with van der Waals surface area (Å²) in [6.07, 6.45) is -0.132. The van der Waals surface area contributed by atoms with E-state index in [1.54, 1.807) is 7.11 Å². The SMILES string of the molecule is COc1cccc(-c2c(C)nn3c2NC(=O)C3CC(=O)Nc2ccc(F)c(Cl)c2)c1. The zero-order valence-electron chi connectivity index (χ0n) is 16.2. The van der Waals surface area contributed by atoms with Gasteiger partial charge in [0.2, 0.25) is 5.91 Å². The van der Waals surface area contributed by atoms with Crippen molar-refractivity contribution < 1.29 is 18.7 Å². The van der Waals surface area contributed by atoms with Crippen LogP contribution in [-0.2, 0) is 9.59 Å². The Morgan fingerprint density at radius 2 is 2.13 bits per heavy atom. The van der Waals surface area contributed by atoms with E-state index < -0.39 is 17.8 Å². The van der Waals surface area contributed by atoms with Crippen LogP contribution in [-0.4, -0.2) is 28.7 Å². The van der Waals surface area contributed by atoms with Gasteiger partial charge < -0.3 is 15.4 Å². The summed E-state index contributed by atoms with van der Waals surface area (Å²) in [6, 6.07) is 10.5. The van der Waals surface area contributed by atoms with Crippen LogP contribution in [0, 0.1) is 12.7 Å². The van der Waals surface area contributed by atoms with Gasteiger partial charge in [-0.3, -0.25) is 9.59 Å². The Morgan fingerprint density at radius 3 is 2.87 bits per heavy atom. The predicted octanol–water partition coefficient (Wildman–Crippen LogP) is 4.18. The van der Waals surface area contributed by atoms with Crippen LogP contribution in [0.15, 0.2) is 42.5 Å². The molecule has 2 heterocycles. The molecule has 0 bridgehead atoms. The lowest BCUT2D eigenvalue weighted by atomic mass is 10.1. The number of hydrogen-bond donors (Lipinski definition) is 2. The van der Waals surface area contributed by atoms with Crippen LogP contribution in [0.1, 0.15) is 18.2 Å². The van der Waals surface area contributed by atoms with Crippen molar-refractivity contribution in [3.63, 3.8) is 0 Å². The van der Waals surface area contributed by atoms with E-state index in [1.807, 2.05) is 31.2 Å². The fourth-order valence-corrected chi connectivity index (χ4v) is 3.65. The number of ether oxygens (including phenoxy) is 1. The Bertz CT molecular complexity index is 1160. The number of aryl methyl sites for hydroxylation is 1. The van der Waals surface area contributed by atoms with Gasteiger partial charge in [0.1, 0.15) is 23.4 Å². The van der Waals surface area contributed by atoms with Gasteiger partial charge in [0.05, 0.1) is 24.2 Å². The molecular formula is C21H18ClFN4O3. The van der Waals surface area contributed by atoms with Crippen molar-refractivity contribution in [2.24, 2.45) is 0 Å². The summed E-state index contributed by atoms with van der Waals surface area (Å²) in [5, 5.41) is 9.84. The fourth-order valence-electron chi connectivity index (χ4n) is 3.47. The van der Waals surface area contributed by atoms with Crippen LogP contribution in [0.5, 0.6) is 5.75 Å². The zero-order valence-corrected chi connectivity index (χ0v) is 17.0. The Hall–Kier alpha value is -3.39. The van der Waals surface area contributed by atoms with Crippen molar-refractivity contribution in [1.82, 2.24) is 9.78 Å². The Kier molecular flexibility index (Phi) is 5.17. The Labute approximate surface area is 176 Å². The maximum atomic E-state index is 13.3. The number of halogens is 2. The van der Waals surface area contributed by atoms with E-state index in [-0.39, 0.29) is 17.4 Å². The minimum absolute atomic E-state index is 0.0978. The third-order valence-corrected chi connectivity index (χ3v) is 5.16. The highest BCUT2D eigenvalue weighted by atomic mass is 35.5. The molecule has 154 valence electrons. The summed E-state index contributed by atoms with van der Waals surface area (Å²) in [5.74, 6) is -0.0966. The molecular weight excluding hydrogens is 411 g/mol. The zero-order chi connectivity index (χ0) is 21.4. The van der Waals surface area contributed by atoms with Crippen molar-refractivity contribution in [3.05, 3.63) is 59.0 Å². The van der Waals surface area contributed by atoms with E-state index in [2.05, 4.69) is 15.7 Å². The van der Waals surface area contributed by atoms with Gasteiger partial charge in [0.25, 0.3) is 5.91 Å². The van der Waals surface area contributed by atoms with E-state index in [0.29, 0.717) is 22.9 Å². The quantitative estimate of drug-likeness (QED) is 0.638.